The Hall–Kier alpha value is 1.78. The Morgan fingerprint density at radius 1 is 1.43 bits per heavy atom. The smallest absolute Gasteiger partial charge is 0.0690 e. The number of aromatic amines is 1. The summed E-state index contributed by atoms with van der Waals surface area (Å²) in [7, 11) is 0. The monoisotopic (exact) mass is 133 g/mol. The molecular weight excluding hydrogens is 128 g/mol. The minimum Gasteiger partial charge on any atom is -0.266 e. The van der Waals surface area contributed by atoms with Crippen molar-refractivity contribution in [3.8, 4) is 0 Å². The Morgan fingerprint density at radius 3 is 2.29 bits per heavy atom. The number of rotatable bonds is 0. The SMILES string of the molecule is [KH].[NaH].c1c[nH]nn1. The molecule has 0 aliphatic carbocycles. The predicted octanol–water partition coefficient (Wildman–Crippen LogP) is -1.49. The van der Waals surface area contributed by atoms with Gasteiger partial charge in [-0.25, -0.2) is 0 Å². The van der Waals surface area contributed by atoms with Crippen LogP contribution in [0.2, 0.25) is 0 Å². The summed E-state index contributed by atoms with van der Waals surface area (Å²) in [4.78, 5) is 0. The zero-order valence-corrected chi connectivity index (χ0v) is 2.55. The van der Waals surface area contributed by atoms with Crippen molar-refractivity contribution < 1.29 is 0 Å². The van der Waals surface area contributed by atoms with Crippen molar-refractivity contribution in [2.24, 2.45) is 0 Å². The van der Waals surface area contributed by atoms with E-state index in [-0.39, 0.29) is 80.9 Å². The van der Waals surface area contributed by atoms with Crippen LogP contribution >= 0.6 is 0 Å². The third kappa shape index (κ3) is 5.65. The predicted molar refractivity (Wildman–Crippen MR) is 30.7 cm³/mol. The van der Waals surface area contributed by atoms with Crippen LogP contribution in [0.25, 0.3) is 0 Å². The molecule has 0 aliphatic rings. The molecule has 0 spiro atoms. The van der Waals surface area contributed by atoms with Gasteiger partial charge in [0.25, 0.3) is 0 Å². The summed E-state index contributed by atoms with van der Waals surface area (Å²) in [6, 6.07) is 0. The second-order valence-corrected chi connectivity index (χ2v) is 0.660. The summed E-state index contributed by atoms with van der Waals surface area (Å²) in [6.07, 6.45) is 3.24. The summed E-state index contributed by atoms with van der Waals surface area (Å²) in [6.45, 7) is 0. The number of hydrogen-bond acceptors (Lipinski definition) is 2. The van der Waals surface area contributed by atoms with Gasteiger partial charge in [0.2, 0.25) is 0 Å². The van der Waals surface area contributed by atoms with E-state index in [4.69, 9.17) is 0 Å². The van der Waals surface area contributed by atoms with Gasteiger partial charge in [-0.1, -0.05) is 5.21 Å². The van der Waals surface area contributed by atoms with Crippen molar-refractivity contribution in [2.45, 2.75) is 0 Å². The van der Waals surface area contributed by atoms with E-state index in [0.29, 0.717) is 0 Å². The molecule has 0 fully saturated rings. The molecule has 0 amide bonds. The van der Waals surface area contributed by atoms with Gasteiger partial charge >= 0.3 is 80.9 Å². The molecule has 0 atom stereocenters. The second-order valence-electron chi connectivity index (χ2n) is 0.660. The zero-order valence-electron chi connectivity index (χ0n) is 2.55. The first kappa shape index (κ1) is 11.6. The van der Waals surface area contributed by atoms with E-state index < -0.39 is 0 Å². The molecule has 0 unspecified atom stereocenters. The maximum atomic E-state index is 3.42. The van der Waals surface area contributed by atoms with Gasteiger partial charge < -0.3 is 0 Å². The second kappa shape index (κ2) is 7.78. The van der Waals surface area contributed by atoms with Gasteiger partial charge in [-0.05, 0) is 0 Å². The zero-order chi connectivity index (χ0) is 3.54. The average molecular weight is 133 g/mol. The maximum Gasteiger partial charge on any atom is 0.0690 e. The number of H-pyrrole nitrogens is 1. The number of nitrogens with one attached hydrogen (secondary N) is 1. The van der Waals surface area contributed by atoms with Gasteiger partial charge in [-0.15, -0.1) is 5.10 Å². The van der Waals surface area contributed by atoms with Crippen LogP contribution in [0.3, 0.4) is 0 Å². The minimum atomic E-state index is 0. The quantitative estimate of drug-likeness (QED) is 0.438. The Bertz CT molecular complexity index is 69.4. The van der Waals surface area contributed by atoms with E-state index in [1.54, 1.807) is 12.4 Å². The van der Waals surface area contributed by atoms with Crippen LogP contribution in [0.15, 0.2) is 12.4 Å². The van der Waals surface area contributed by atoms with Crippen LogP contribution in [-0.4, -0.2) is 96.4 Å². The molecule has 0 aliphatic heterocycles. The molecular formula is C2H5KN3Na. The van der Waals surface area contributed by atoms with Crippen LogP contribution in [0.5, 0.6) is 0 Å². The standard InChI is InChI=1S/C2H3N3.K.Na.2H/c1-2-4-5-3-1;;;;/h1-2H,(H,3,4,5);;;;. The van der Waals surface area contributed by atoms with Crippen molar-refractivity contribution in [3.63, 3.8) is 0 Å². The van der Waals surface area contributed by atoms with Crippen molar-refractivity contribution in [1.29, 1.82) is 0 Å². The van der Waals surface area contributed by atoms with Crippen molar-refractivity contribution in [2.75, 3.05) is 0 Å². The number of aromatic nitrogens is 3. The molecule has 1 aromatic heterocycles. The normalized spacial score (nSPS) is 5.71. The van der Waals surface area contributed by atoms with E-state index >= 15 is 0 Å². The molecule has 7 heavy (non-hydrogen) atoms. The van der Waals surface area contributed by atoms with E-state index in [9.17, 15) is 0 Å². The molecule has 1 N–H and O–H groups in total. The fraction of sp³-hybridized carbons (Fsp3) is 0. The fourth-order valence-electron chi connectivity index (χ4n) is 0.167. The largest absolute Gasteiger partial charge is 0.266 e. The number of hydrogen-bond donors (Lipinski definition) is 1. The molecule has 5 heteroatoms. The molecule has 30 valence electrons. The fourth-order valence-corrected chi connectivity index (χ4v) is 0.167. The Labute approximate surface area is 106 Å². The average Bonchev–Trinajstić information content (AvgIpc) is 1.76. The van der Waals surface area contributed by atoms with Gasteiger partial charge in [0.15, 0.2) is 0 Å². The molecule has 0 saturated heterocycles. The third-order valence-electron chi connectivity index (χ3n) is 0.331. The number of nitrogens with zero attached hydrogens (tertiary/aromatic N) is 2. The van der Waals surface area contributed by atoms with Crippen molar-refractivity contribution in [1.82, 2.24) is 15.4 Å². The van der Waals surface area contributed by atoms with E-state index in [1.807, 2.05) is 0 Å². The first-order valence-corrected chi connectivity index (χ1v) is 1.30. The topological polar surface area (TPSA) is 41.6 Å². The van der Waals surface area contributed by atoms with E-state index in [1.165, 1.54) is 0 Å². The first-order valence-electron chi connectivity index (χ1n) is 1.30. The molecule has 0 aromatic carbocycles. The summed E-state index contributed by atoms with van der Waals surface area (Å²) >= 11 is 0. The van der Waals surface area contributed by atoms with Crippen molar-refractivity contribution in [3.05, 3.63) is 12.4 Å². The third-order valence-corrected chi connectivity index (χ3v) is 0.331. The maximum absolute atomic E-state index is 3.42. The van der Waals surface area contributed by atoms with Crippen LogP contribution in [0.1, 0.15) is 0 Å². The van der Waals surface area contributed by atoms with Gasteiger partial charge in [0.1, 0.15) is 0 Å². The molecule has 1 aromatic rings. The molecule has 1 heterocycles. The molecule has 1 rings (SSSR count). The van der Waals surface area contributed by atoms with E-state index in [0.717, 1.165) is 0 Å². The van der Waals surface area contributed by atoms with Gasteiger partial charge in [-0.2, -0.15) is 0 Å². The van der Waals surface area contributed by atoms with Gasteiger partial charge in [0.05, 0.1) is 6.20 Å². The molecule has 3 nitrogen and oxygen atoms in total. The van der Waals surface area contributed by atoms with Crippen LogP contribution in [-0.2, 0) is 0 Å². The minimum absolute atomic E-state index is 0. The van der Waals surface area contributed by atoms with Gasteiger partial charge in [0, 0.05) is 6.20 Å². The summed E-state index contributed by atoms with van der Waals surface area (Å²) in [5.74, 6) is 0. The summed E-state index contributed by atoms with van der Waals surface area (Å²) in [5.41, 5.74) is 0. The molecule has 0 saturated carbocycles. The van der Waals surface area contributed by atoms with Crippen molar-refractivity contribution >= 4 is 80.9 Å². The Balaban J connectivity index is 0. The Morgan fingerprint density at radius 2 is 2.14 bits per heavy atom. The summed E-state index contributed by atoms with van der Waals surface area (Å²) < 4.78 is 0. The van der Waals surface area contributed by atoms with Crippen LogP contribution in [0, 0.1) is 0 Å². The first-order chi connectivity index (χ1) is 2.50. The molecule has 0 radical (unpaired) electrons. The Kier molecular flexibility index (Phi) is 12.8. The molecule has 0 bridgehead atoms. The summed E-state index contributed by atoms with van der Waals surface area (Å²) in [5, 5.41) is 9.26. The van der Waals surface area contributed by atoms with E-state index in [2.05, 4.69) is 15.4 Å². The van der Waals surface area contributed by atoms with Crippen LogP contribution in [0.4, 0.5) is 0 Å². The van der Waals surface area contributed by atoms with Crippen LogP contribution < -0.4 is 0 Å². The van der Waals surface area contributed by atoms with Gasteiger partial charge in [-0.3, -0.25) is 5.10 Å².